The minimum Gasteiger partial charge on any atom is -0.311 e. The van der Waals surface area contributed by atoms with Gasteiger partial charge in [-0.1, -0.05) is 26.8 Å². The van der Waals surface area contributed by atoms with Gasteiger partial charge in [-0.2, -0.15) is 0 Å². The van der Waals surface area contributed by atoms with Crippen LogP contribution in [0.1, 0.15) is 38.4 Å². The molecule has 84 valence electrons. The van der Waals surface area contributed by atoms with Crippen molar-refractivity contribution in [2.45, 2.75) is 40.2 Å². The Balaban J connectivity index is 2.36. The molecule has 1 heterocycles. The molecule has 0 spiro atoms. The molecule has 1 aromatic heterocycles. The van der Waals surface area contributed by atoms with Crippen LogP contribution in [0.2, 0.25) is 0 Å². The van der Waals surface area contributed by atoms with E-state index in [1.165, 1.54) is 17.7 Å². The topological polar surface area (TPSA) is 24.9 Å². The molecule has 2 heteroatoms. The Morgan fingerprint density at radius 3 is 2.87 bits per heavy atom. The van der Waals surface area contributed by atoms with Crippen LogP contribution in [0.3, 0.4) is 0 Å². The molecule has 0 unspecified atom stereocenters. The third kappa shape index (κ3) is 4.43. The summed E-state index contributed by atoms with van der Waals surface area (Å²) < 4.78 is 0. The van der Waals surface area contributed by atoms with E-state index >= 15 is 0 Å². The van der Waals surface area contributed by atoms with Crippen LogP contribution in [-0.2, 0) is 13.0 Å². The van der Waals surface area contributed by atoms with Gasteiger partial charge in [0, 0.05) is 12.7 Å². The first-order chi connectivity index (χ1) is 7.24. The van der Waals surface area contributed by atoms with Gasteiger partial charge in [0.25, 0.3) is 0 Å². The summed E-state index contributed by atoms with van der Waals surface area (Å²) in [5.41, 5.74) is 2.55. The first kappa shape index (κ1) is 12.2. The zero-order valence-electron chi connectivity index (χ0n) is 10.1. The molecule has 1 aromatic rings. The smallest absolute Gasteiger partial charge is 0.0573 e. The van der Waals surface area contributed by atoms with E-state index in [4.69, 9.17) is 0 Å². The number of nitrogens with one attached hydrogen (secondary N) is 1. The number of hydrogen-bond acceptors (Lipinski definition) is 2. The molecule has 1 rings (SSSR count). The first-order valence-corrected chi connectivity index (χ1v) is 5.87. The molecule has 0 aliphatic rings. The molecular formula is C13H22N2. The van der Waals surface area contributed by atoms with Gasteiger partial charge < -0.3 is 5.32 Å². The number of aryl methyl sites for hydroxylation is 1. The van der Waals surface area contributed by atoms with Crippen LogP contribution in [0.25, 0.3) is 0 Å². The van der Waals surface area contributed by atoms with Gasteiger partial charge in [0.2, 0.25) is 0 Å². The molecule has 2 nitrogen and oxygen atoms in total. The van der Waals surface area contributed by atoms with Gasteiger partial charge in [0.05, 0.1) is 5.69 Å². The van der Waals surface area contributed by atoms with Gasteiger partial charge in [-0.15, -0.1) is 0 Å². The van der Waals surface area contributed by atoms with E-state index in [1.807, 2.05) is 12.3 Å². The van der Waals surface area contributed by atoms with Crippen molar-refractivity contribution in [3.05, 3.63) is 29.6 Å². The Morgan fingerprint density at radius 1 is 1.40 bits per heavy atom. The van der Waals surface area contributed by atoms with Crippen LogP contribution < -0.4 is 5.32 Å². The van der Waals surface area contributed by atoms with E-state index in [0.717, 1.165) is 25.4 Å². The Labute approximate surface area is 93.1 Å². The quantitative estimate of drug-likeness (QED) is 0.724. The maximum absolute atomic E-state index is 4.40. The van der Waals surface area contributed by atoms with Crippen molar-refractivity contribution in [1.82, 2.24) is 10.3 Å². The van der Waals surface area contributed by atoms with E-state index < -0.39 is 0 Å². The number of rotatable bonds is 6. The van der Waals surface area contributed by atoms with E-state index in [1.54, 1.807) is 0 Å². The average molecular weight is 206 g/mol. The number of hydrogen-bond donors (Lipinski definition) is 1. The van der Waals surface area contributed by atoms with Crippen LogP contribution in [0.5, 0.6) is 0 Å². The lowest BCUT2D eigenvalue weighted by Gasteiger charge is -2.09. The van der Waals surface area contributed by atoms with Crippen molar-refractivity contribution in [3.8, 4) is 0 Å². The molecule has 0 aromatic carbocycles. The fraction of sp³-hybridized carbons (Fsp3) is 0.615. The summed E-state index contributed by atoms with van der Waals surface area (Å²) in [6.07, 6.45) is 4.17. The van der Waals surface area contributed by atoms with Gasteiger partial charge >= 0.3 is 0 Å². The van der Waals surface area contributed by atoms with E-state index in [9.17, 15) is 0 Å². The highest BCUT2D eigenvalue weighted by Crippen LogP contribution is 2.05. The van der Waals surface area contributed by atoms with Crippen LogP contribution >= 0.6 is 0 Å². The highest BCUT2D eigenvalue weighted by molar-refractivity contribution is 5.19. The third-order valence-electron chi connectivity index (χ3n) is 2.56. The SMILES string of the molecule is CCc1cccnc1CNCCC(C)C. The zero-order valence-corrected chi connectivity index (χ0v) is 10.1. The second-order valence-electron chi connectivity index (χ2n) is 4.32. The second kappa shape index (κ2) is 6.57. The predicted molar refractivity (Wildman–Crippen MR) is 64.8 cm³/mol. The Morgan fingerprint density at radius 2 is 2.20 bits per heavy atom. The summed E-state index contributed by atoms with van der Waals surface area (Å²) in [4.78, 5) is 4.40. The number of nitrogens with zero attached hydrogens (tertiary/aromatic N) is 1. The lowest BCUT2D eigenvalue weighted by Crippen LogP contribution is -2.18. The van der Waals surface area contributed by atoms with Gasteiger partial charge in [-0.25, -0.2) is 0 Å². The van der Waals surface area contributed by atoms with Crippen molar-refractivity contribution in [1.29, 1.82) is 0 Å². The molecule has 0 fully saturated rings. The minimum absolute atomic E-state index is 0.770. The maximum Gasteiger partial charge on any atom is 0.0573 e. The van der Waals surface area contributed by atoms with Crippen LogP contribution in [0.4, 0.5) is 0 Å². The van der Waals surface area contributed by atoms with Crippen molar-refractivity contribution < 1.29 is 0 Å². The van der Waals surface area contributed by atoms with Crippen LogP contribution in [-0.4, -0.2) is 11.5 Å². The fourth-order valence-electron chi connectivity index (χ4n) is 1.55. The Hall–Kier alpha value is -0.890. The second-order valence-corrected chi connectivity index (χ2v) is 4.32. The molecule has 0 bridgehead atoms. The van der Waals surface area contributed by atoms with E-state index in [-0.39, 0.29) is 0 Å². The summed E-state index contributed by atoms with van der Waals surface area (Å²) in [5, 5.41) is 3.45. The third-order valence-corrected chi connectivity index (χ3v) is 2.56. The van der Waals surface area contributed by atoms with Crippen LogP contribution in [0, 0.1) is 5.92 Å². The monoisotopic (exact) mass is 206 g/mol. The van der Waals surface area contributed by atoms with Crippen molar-refractivity contribution >= 4 is 0 Å². The van der Waals surface area contributed by atoms with E-state index in [0.29, 0.717) is 0 Å². The van der Waals surface area contributed by atoms with Gasteiger partial charge in [-0.05, 0) is 36.9 Å². The molecule has 0 aliphatic heterocycles. The molecule has 0 amide bonds. The summed E-state index contributed by atoms with van der Waals surface area (Å²) in [6.45, 7) is 8.66. The molecule has 0 radical (unpaired) electrons. The lowest BCUT2D eigenvalue weighted by molar-refractivity contribution is 0.534. The molecule has 0 atom stereocenters. The molecule has 0 aliphatic carbocycles. The molecule has 1 N–H and O–H groups in total. The summed E-state index contributed by atoms with van der Waals surface area (Å²) in [5.74, 6) is 0.770. The zero-order chi connectivity index (χ0) is 11.1. The predicted octanol–water partition coefficient (Wildman–Crippen LogP) is 2.78. The van der Waals surface area contributed by atoms with Gasteiger partial charge in [-0.3, -0.25) is 4.98 Å². The van der Waals surface area contributed by atoms with E-state index in [2.05, 4.69) is 37.1 Å². The molecular weight excluding hydrogens is 184 g/mol. The van der Waals surface area contributed by atoms with Crippen molar-refractivity contribution in [2.24, 2.45) is 5.92 Å². The normalized spacial score (nSPS) is 10.9. The van der Waals surface area contributed by atoms with Gasteiger partial charge in [0.1, 0.15) is 0 Å². The highest BCUT2D eigenvalue weighted by atomic mass is 14.9. The number of aromatic nitrogens is 1. The minimum atomic E-state index is 0.770. The summed E-state index contributed by atoms with van der Waals surface area (Å²) >= 11 is 0. The summed E-state index contributed by atoms with van der Waals surface area (Å²) in [6, 6.07) is 4.17. The summed E-state index contributed by atoms with van der Waals surface area (Å²) in [7, 11) is 0. The largest absolute Gasteiger partial charge is 0.311 e. The first-order valence-electron chi connectivity index (χ1n) is 5.87. The average Bonchev–Trinajstić information content (AvgIpc) is 2.24. The van der Waals surface area contributed by atoms with Crippen molar-refractivity contribution in [3.63, 3.8) is 0 Å². The van der Waals surface area contributed by atoms with Crippen LogP contribution in [0.15, 0.2) is 18.3 Å². The standard InChI is InChI=1S/C13H22N2/c1-4-12-6-5-8-15-13(12)10-14-9-7-11(2)3/h5-6,8,11,14H,4,7,9-10H2,1-3H3. The fourth-order valence-corrected chi connectivity index (χ4v) is 1.55. The maximum atomic E-state index is 4.40. The van der Waals surface area contributed by atoms with Crippen molar-refractivity contribution in [2.75, 3.05) is 6.54 Å². The molecule has 0 saturated heterocycles. The Bertz CT molecular complexity index is 282. The lowest BCUT2D eigenvalue weighted by atomic mass is 10.1. The number of pyridine rings is 1. The van der Waals surface area contributed by atoms with Gasteiger partial charge in [0.15, 0.2) is 0 Å². The molecule has 15 heavy (non-hydrogen) atoms. The molecule has 0 saturated carbocycles. The highest BCUT2D eigenvalue weighted by Gasteiger charge is 2.00. The Kier molecular flexibility index (Phi) is 5.33.